The first kappa shape index (κ1) is 22.2. The predicted octanol–water partition coefficient (Wildman–Crippen LogP) is 4.04. The molecule has 26 heavy (non-hydrogen) atoms. The van der Waals surface area contributed by atoms with Crippen LogP contribution in [0.25, 0.3) is 0 Å². The highest BCUT2D eigenvalue weighted by Gasteiger charge is 2.36. The number of likely N-dealkylation sites (N-methyl/N-ethyl adjacent to an activating group) is 1. The maximum Gasteiger partial charge on any atom is 0.432 e. The number of halogens is 3. The summed E-state index contributed by atoms with van der Waals surface area (Å²) in [7, 11) is 1.07. The normalized spacial score (nSPS) is 12.2. The van der Waals surface area contributed by atoms with Gasteiger partial charge in [0.05, 0.1) is 0 Å². The lowest BCUT2D eigenvalue weighted by atomic mass is 9.92. The van der Waals surface area contributed by atoms with Gasteiger partial charge in [0.25, 0.3) is 5.78 Å². The number of nitrogens with zero attached hydrogens (tertiary/aromatic N) is 2. The van der Waals surface area contributed by atoms with Gasteiger partial charge < -0.3 is 0 Å². The Hall–Kier alpha value is -1.83. The molecule has 0 saturated heterocycles. The van der Waals surface area contributed by atoms with E-state index in [9.17, 15) is 22.8 Å². The highest BCUT2D eigenvalue weighted by molar-refractivity contribution is 7.99. The molecule has 1 aromatic rings. The molecule has 0 saturated carbocycles. The number of alkyl halides is 3. The van der Waals surface area contributed by atoms with Gasteiger partial charge in [0.15, 0.2) is 5.71 Å². The van der Waals surface area contributed by atoms with Crippen molar-refractivity contribution in [1.82, 2.24) is 5.01 Å². The number of ketones is 1. The van der Waals surface area contributed by atoms with Gasteiger partial charge in [-0.15, -0.1) is 0 Å². The van der Waals surface area contributed by atoms with E-state index < -0.39 is 29.3 Å². The van der Waals surface area contributed by atoms with Crippen LogP contribution in [0.15, 0.2) is 17.2 Å². The largest absolute Gasteiger partial charge is 0.432 e. The van der Waals surface area contributed by atoms with Crippen LogP contribution in [0.5, 0.6) is 0 Å². The molecule has 4 nitrogen and oxygen atoms in total. The van der Waals surface area contributed by atoms with Crippen molar-refractivity contribution < 1.29 is 22.8 Å². The van der Waals surface area contributed by atoms with Crippen molar-refractivity contribution in [3.05, 3.63) is 34.4 Å². The lowest BCUT2D eigenvalue weighted by Crippen LogP contribution is -2.35. The summed E-state index contributed by atoms with van der Waals surface area (Å²) < 4.78 is 38.9. The Morgan fingerprint density at radius 1 is 1.15 bits per heavy atom. The molecule has 0 radical (unpaired) electrons. The Balaban J connectivity index is 3.28. The predicted molar refractivity (Wildman–Crippen MR) is 98.9 cm³/mol. The van der Waals surface area contributed by atoms with Crippen LogP contribution >= 0.6 is 11.8 Å². The summed E-state index contributed by atoms with van der Waals surface area (Å²) in [6, 6.07) is 3.63. The first-order valence-corrected chi connectivity index (χ1v) is 9.54. The van der Waals surface area contributed by atoms with Gasteiger partial charge in [-0.1, -0.05) is 31.5 Å². The Bertz CT molecular complexity index is 690. The fourth-order valence-corrected chi connectivity index (χ4v) is 3.07. The molecular weight excluding hydrogens is 365 g/mol. The molecule has 1 amide bonds. The second-order valence-electron chi connectivity index (χ2n) is 5.80. The summed E-state index contributed by atoms with van der Waals surface area (Å²) in [4.78, 5) is 25.1. The molecule has 0 heterocycles. The van der Waals surface area contributed by atoms with Crippen LogP contribution in [0.2, 0.25) is 0 Å². The van der Waals surface area contributed by atoms with Gasteiger partial charge in [-0.05, 0) is 37.1 Å². The van der Waals surface area contributed by atoms with E-state index in [-0.39, 0.29) is 5.56 Å². The van der Waals surface area contributed by atoms with Crippen molar-refractivity contribution in [2.75, 3.05) is 19.1 Å². The minimum absolute atomic E-state index is 0.270. The molecule has 0 N–H and O–H groups in total. The number of aryl methyl sites for hydroxylation is 3. The molecule has 0 atom stereocenters. The van der Waals surface area contributed by atoms with Crippen LogP contribution in [0, 0.1) is 6.92 Å². The van der Waals surface area contributed by atoms with Gasteiger partial charge in [-0.3, -0.25) is 9.59 Å². The third-order valence-electron chi connectivity index (χ3n) is 3.80. The molecular formula is C18H23F3N2O2S. The van der Waals surface area contributed by atoms with E-state index in [1.807, 2.05) is 32.9 Å². The molecule has 0 aliphatic rings. The lowest BCUT2D eigenvalue weighted by Gasteiger charge is -2.17. The number of Topliss-reactive ketones (excluding diaryl/α,β-unsaturated/α-hetero) is 1. The molecule has 0 fully saturated rings. The van der Waals surface area contributed by atoms with Crippen LogP contribution in [0.1, 0.15) is 40.9 Å². The standard InChI is InChI=1S/C18H23F3N2O2S/c1-6-12-8-11(3)9-13(7-2)15(12)16(24)17(25)23(4)22-14(10-26-5)18(19,20)21/h8-9H,6-7,10H2,1-5H3. The molecule has 0 bridgehead atoms. The highest BCUT2D eigenvalue weighted by atomic mass is 32.2. The zero-order valence-corrected chi connectivity index (χ0v) is 16.3. The number of benzene rings is 1. The summed E-state index contributed by atoms with van der Waals surface area (Å²) in [5, 5.41) is 3.83. The average Bonchev–Trinajstić information content (AvgIpc) is 2.58. The fraction of sp³-hybridized carbons (Fsp3) is 0.500. The third-order valence-corrected chi connectivity index (χ3v) is 4.36. The van der Waals surface area contributed by atoms with E-state index in [2.05, 4.69) is 5.10 Å². The number of amides is 1. The van der Waals surface area contributed by atoms with E-state index in [1.165, 1.54) is 6.26 Å². The van der Waals surface area contributed by atoms with Gasteiger partial charge in [0.1, 0.15) is 0 Å². The van der Waals surface area contributed by atoms with Crippen LogP contribution < -0.4 is 0 Å². The Morgan fingerprint density at radius 2 is 1.65 bits per heavy atom. The molecule has 8 heteroatoms. The number of hydrogen-bond donors (Lipinski definition) is 0. The maximum absolute atomic E-state index is 13.0. The summed E-state index contributed by atoms with van der Waals surface area (Å²) in [5.41, 5.74) is 1.54. The summed E-state index contributed by atoms with van der Waals surface area (Å²) in [6.45, 7) is 5.61. The molecule has 1 aromatic carbocycles. The Kier molecular flexibility index (Phi) is 7.87. The molecule has 0 aromatic heterocycles. The SMILES string of the molecule is CCc1cc(C)cc(CC)c1C(=O)C(=O)N(C)N=C(CSC)C(F)(F)F. The zero-order chi connectivity index (χ0) is 20.1. The number of thioether (sulfide) groups is 1. The van der Waals surface area contributed by atoms with Crippen LogP contribution in [0.4, 0.5) is 13.2 Å². The van der Waals surface area contributed by atoms with Crippen molar-refractivity contribution in [2.24, 2.45) is 5.10 Å². The Morgan fingerprint density at radius 3 is 2.04 bits per heavy atom. The molecule has 0 unspecified atom stereocenters. The molecule has 0 aliphatic carbocycles. The van der Waals surface area contributed by atoms with Gasteiger partial charge in [-0.2, -0.15) is 30.0 Å². The lowest BCUT2D eigenvalue weighted by molar-refractivity contribution is -0.125. The van der Waals surface area contributed by atoms with E-state index in [0.717, 1.165) is 24.4 Å². The number of rotatable bonds is 7. The monoisotopic (exact) mass is 388 g/mol. The van der Waals surface area contributed by atoms with Crippen molar-refractivity contribution >= 4 is 29.2 Å². The number of hydrazone groups is 1. The average molecular weight is 388 g/mol. The van der Waals surface area contributed by atoms with Crippen molar-refractivity contribution in [3.8, 4) is 0 Å². The minimum Gasteiger partial charge on any atom is -0.283 e. The van der Waals surface area contributed by atoms with Gasteiger partial charge in [-0.25, -0.2) is 5.01 Å². The first-order valence-electron chi connectivity index (χ1n) is 8.15. The molecule has 1 rings (SSSR count). The topological polar surface area (TPSA) is 49.7 Å². The third kappa shape index (κ3) is 5.33. The number of carbonyl (C=O) groups is 2. The zero-order valence-electron chi connectivity index (χ0n) is 15.5. The van der Waals surface area contributed by atoms with E-state index in [1.54, 1.807) is 0 Å². The summed E-state index contributed by atoms with van der Waals surface area (Å²) >= 11 is 0.935. The highest BCUT2D eigenvalue weighted by Crippen LogP contribution is 2.22. The van der Waals surface area contributed by atoms with E-state index >= 15 is 0 Å². The molecule has 144 valence electrons. The van der Waals surface area contributed by atoms with Crippen molar-refractivity contribution in [1.29, 1.82) is 0 Å². The summed E-state index contributed by atoms with van der Waals surface area (Å²) in [6.07, 6.45) is -2.08. The van der Waals surface area contributed by atoms with Gasteiger partial charge >= 0.3 is 12.1 Å². The molecule has 0 aliphatic heterocycles. The van der Waals surface area contributed by atoms with Crippen molar-refractivity contribution in [2.45, 2.75) is 39.8 Å². The number of hydrogen-bond acceptors (Lipinski definition) is 4. The Labute approximate surface area is 155 Å². The fourth-order valence-electron chi connectivity index (χ4n) is 2.58. The second kappa shape index (κ2) is 9.21. The van der Waals surface area contributed by atoms with Crippen molar-refractivity contribution in [3.63, 3.8) is 0 Å². The van der Waals surface area contributed by atoms with E-state index in [4.69, 9.17) is 0 Å². The number of carbonyl (C=O) groups excluding carboxylic acids is 2. The maximum atomic E-state index is 13.0. The minimum atomic E-state index is -4.66. The quantitative estimate of drug-likeness (QED) is 0.307. The van der Waals surface area contributed by atoms with Gasteiger partial charge in [0, 0.05) is 18.4 Å². The van der Waals surface area contributed by atoms with E-state index in [0.29, 0.717) is 29.0 Å². The molecule has 0 spiro atoms. The van der Waals surface area contributed by atoms with Crippen LogP contribution in [0.3, 0.4) is 0 Å². The first-order chi connectivity index (χ1) is 12.1. The summed E-state index contributed by atoms with van der Waals surface area (Å²) in [5.74, 6) is -2.32. The van der Waals surface area contributed by atoms with Gasteiger partial charge in [0.2, 0.25) is 0 Å². The van der Waals surface area contributed by atoms with Crippen LogP contribution in [-0.2, 0) is 17.6 Å². The second-order valence-corrected chi connectivity index (χ2v) is 6.67. The smallest absolute Gasteiger partial charge is 0.283 e. The van der Waals surface area contributed by atoms with Crippen LogP contribution in [-0.4, -0.2) is 47.6 Å².